The molecule has 1 N–H and O–H groups in total. The van der Waals surface area contributed by atoms with Gasteiger partial charge in [0.1, 0.15) is 6.61 Å². The van der Waals surface area contributed by atoms with E-state index in [1.54, 1.807) is 0 Å². The van der Waals surface area contributed by atoms with Gasteiger partial charge >= 0.3 is 12.1 Å². The van der Waals surface area contributed by atoms with Gasteiger partial charge < -0.3 is 9.84 Å². The van der Waals surface area contributed by atoms with Crippen LogP contribution >= 0.6 is 0 Å². The summed E-state index contributed by atoms with van der Waals surface area (Å²) in [5, 5.41) is 9.14. The summed E-state index contributed by atoms with van der Waals surface area (Å²) in [5.74, 6) is -0.916. The predicted octanol–water partition coefficient (Wildman–Crippen LogP) is 3.22. The van der Waals surface area contributed by atoms with Gasteiger partial charge in [-0.3, -0.25) is 9.69 Å². The van der Waals surface area contributed by atoms with Crippen LogP contribution in [0, 0.1) is 0 Å². The number of carbonyl (C=O) groups excluding carboxylic acids is 1. The molecule has 24 heavy (non-hydrogen) atoms. The summed E-state index contributed by atoms with van der Waals surface area (Å²) in [4.78, 5) is 25.2. The summed E-state index contributed by atoms with van der Waals surface area (Å²) in [6.45, 7) is 0.555. The highest BCUT2D eigenvalue weighted by Gasteiger charge is 2.32. The molecular formula is C19H19NO4. The molecule has 0 unspecified atom stereocenters. The molecule has 2 aromatic rings. The monoisotopic (exact) mass is 325 g/mol. The van der Waals surface area contributed by atoms with Crippen LogP contribution in [0.1, 0.15) is 23.1 Å². The molecule has 0 aromatic heterocycles. The van der Waals surface area contributed by atoms with Crippen LogP contribution in [0.4, 0.5) is 4.79 Å². The lowest BCUT2D eigenvalue weighted by molar-refractivity contribution is -0.138. The summed E-state index contributed by atoms with van der Waals surface area (Å²) in [7, 11) is 0. The minimum atomic E-state index is -0.916. The van der Waals surface area contributed by atoms with E-state index in [2.05, 4.69) is 0 Å². The Labute approximate surface area is 140 Å². The highest BCUT2D eigenvalue weighted by molar-refractivity contribution is 5.72. The Morgan fingerprint density at radius 1 is 1.04 bits per heavy atom. The molecule has 1 aliphatic rings. The number of hydrogen-bond acceptors (Lipinski definition) is 3. The van der Waals surface area contributed by atoms with Crippen LogP contribution in [-0.2, 0) is 29.1 Å². The average Bonchev–Trinajstić information content (AvgIpc) is 2.59. The average molecular weight is 325 g/mol. The van der Waals surface area contributed by atoms with Crippen LogP contribution in [0.3, 0.4) is 0 Å². The number of amides is 1. The lowest BCUT2D eigenvalue weighted by atomic mass is 9.93. The first kappa shape index (κ1) is 16.1. The molecule has 0 saturated carbocycles. The van der Waals surface area contributed by atoms with Crippen molar-refractivity contribution in [2.75, 3.05) is 0 Å². The van der Waals surface area contributed by atoms with Crippen LogP contribution in [0.15, 0.2) is 54.6 Å². The van der Waals surface area contributed by atoms with Crippen molar-refractivity contribution in [2.24, 2.45) is 0 Å². The molecule has 5 nitrogen and oxygen atoms in total. The zero-order valence-corrected chi connectivity index (χ0v) is 13.2. The second-order valence-corrected chi connectivity index (χ2v) is 5.89. The van der Waals surface area contributed by atoms with Gasteiger partial charge in [0.2, 0.25) is 0 Å². The van der Waals surface area contributed by atoms with Crippen LogP contribution in [0.5, 0.6) is 0 Å². The van der Waals surface area contributed by atoms with Crippen LogP contribution < -0.4 is 0 Å². The van der Waals surface area contributed by atoms with Gasteiger partial charge in [0.25, 0.3) is 0 Å². The number of fused-ring (bicyclic) bond motifs is 1. The smallest absolute Gasteiger partial charge is 0.410 e. The summed E-state index contributed by atoms with van der Waals surface area (Å²) in [5.41, 5.74) is 3.03. The number of carboxylic acid groups (broad SMARTS) is 1. The Bertz CT molecular complexity index is 729. The molecule has 1 heterocycles. The Morgan fingerprint density at radius 2 is 1.71 bits per heavy atom. The Hall–Kier alpha value is -2.82. The third-order valence-corrected chi connectivity index (χ3v) is 4.21. The van der Waals surface area contributed by atoms with Crippen LogP contribution in [-0.4, -0.2) is 28.1 Å². The van der Waals surface area contributed by atoms with Gasteiger partial charge in [-0.1, -0.05) is 54.6 Å². The van der Waals surface area contributed by atoms with Crippen molar-refractivity contribution in [3.05, 3.63) is 71.3 Å². The number of carbonyl (C=O) groups is 2. The third-order valence-electron chi connectivity index (χ3n) is 4.21. The Morgan fingerprint density at radius 3 is 2.42 bits per heavy atom. The van der Waals surface area contributed by atoms with Crippen molar-refractivity contribution in [3.8, 4) is 0 Å². The van der Waals surface area contributed by atoms with E-state index in [4.69, 9.17) is 9.84 Å². The van der Waals surface area contributed by atoms with Crippen molar-refractivity contribution >= 4 is 12.1 Å². The van der Waals surface area contributed by atoms with Gasteiger partial charge in [-0.2, -0.15) is 0 Å². The summed E-state index contributed by atoms with van der Waals surface area (Å²) in [6, 6.07) is 16.8. The van der Waals surface area contributed by atoms with Gasteiger partial charge in [0.15, 0.2) is 0 Å². The van der Waals surface area contributed by atoms with Crippen LogP contribution in [0.25, 0.3) is 0 Å². The number of rotatable bonds is 4. The highest BCUT2D eigenvalue weighted by atomic mass is 16.6. The molecule has 1 amide bonds. The van der Waals surface area contributed by atoms with E-state index < -0.39 is 12.1 Å². The Balaban J connectivity index is 1.73. The van der Waals surface area contributed by atoms with Crippen molar-refractivity contribution < 1.29 is 19.4 Å². The van der Waals surface area contributed by atoms with Gasteiger partial charge in [0.05, 0.1) is 6.42 Å². The van der Waals surface area contributed by atoms with Crippen molar-refractivity contribution in [3.63, 3.8) is 0 Å². The summed E-state index contributed by atoms with van der Waals surface area (Å²) >= 11 is 0. The SMILES string of the molecule is O=C(O)C[C@H]1Cc2ccccc2CN1C(=O)OCc1ccccc1. The van der Waals surface area contributed by atoms with E-state index in [-0.39, 0.29) is 19.1 Å². The van der Waals surface area contributed by atoms with E-state index in [1.165, 1.54) is 4.90 Å². The van der Waals surface area contributed by atoms with Crippen molar-refractivity contribution in [2.45, 2.75) is 32.0 Å². The largest absolute Gasteiger partial charge is 0.481 e. The maximum absolute atomic E-state index is 12.5. The van der Waals surface area contributed by atoms with E-state index >= 15 is 0 Å². The van der Waals surface area contributed by atoms with Gasteiger partial charge in [-0.15, -0.1) is 0 Å². The molecule has 0 fully saturated rings. The number of benzene rings is 2. The summed E-state index contributed by atoms with van der Waals surface area (Å²) < 4.78 is 5.39. The second-order valence-electron chi connectivity index (χ2n) is 5.89. The van der Waals surface area contributed by atoms with Crippen molar-refractivity contribution in [1.82, 2.24) is 4.90 Å². The van der Waals surface area contributed by atoms with Crippen molar-refractivity contribution in [1.29, 1.82) is 0 Å². The highest BCUT2D eigenvalue weighted by Crippen LogP contribution is 2.26. The minimum Gasteiger partial charge on any atom is -0.481 e. The van der Waals surface area contributed by atoms with Gasteiger partial charge in [-0.25, -0.2) is 4.79 Å². The molecule has 3 rings (SSSR count). The molecule has 1 atom stereocenters. The molecule has 0 saturated heterocycles. The fraction of sp³-hybridized carbons (Fsp3) is 0.263. The van der Waals surface area contributed by atoms with E-state index in [9.17, 15) is 9.59 Å². The fourth-order valence-electron chi connectivity index (χ4n) is 2.99. The molecule has 0 radical (unpaired) electrons. The molecule has 2 aromatic carbocycles. The first-order valence-corrected chi connectivity index (χ1v) is 7.89. The zero-order chi connectivity index (χ0) is 16.9. The van der Waals surface area contributed by atoms with Gasteiger partial charge in [0, 0.05) is 12.6 Å². The molecule has 5 heteroatoms. The third kappa shape index (κ3) is 3.74. The number of ether oxygens (including phenoxy) is 1. The first-order chi connectivity index (χ1) is 11.6. The minimum absolute atomic E-state index is 0.0885. The normalized spacial score (nSPS) is 16.3. The van der Waals surface area contributed by atoms with E-state index in [1.807, 2.05) is 54.6 Å². The maximum atomic E-state index is 12.5. The molecule has 0 spiro atoms. The molecule has 1 aliphatic heterocycles. The Kier molecular flexibility index (Phi) is 4.79. The number of carboxylic acids is 1. The lowest BCUT2D eigenvalue weighted by Gasteiger charge is -2.35. The molecule has 0 aliphatic carbocycles. The first-order valence-electron chi connectivity index (χ1n) is 7.89. The quantitative estimate of drug-likeness (QED) is 0.937. The molecular weight excluding hydrogens is 306 g/mol. The molecule has 0 bridgehead atoms. The standard InChI is InChI=1S/C19H19NO4/c21-18(22)11-17-10-15-8-4-5-9-16(15)12-20(17)19(23)24-13-14-6-2-1-3-7-14/h1-9,17H,10-13H2,(H,21,22)/t17-/m1/s1. The van der Waals surface area contributed by atoms with Gasteiger partial charge in [-0.05, 0) is 23.1 Å². The van der Waals surface area contributed by atoms with E-state index in [0.717, 1.165) is 16.7 Å². The maximum Gasteiger partial charge on any atom is 0.410 e. The number of hydrogen-bond donors (Lipinski definition) is 1. The molecule has 124 valence electrons. The number of nitrogens with zero attached hydrogens (tertiary/aromatic N) is 1. The summed E-state index contributed by atoms with van der Waals surface area (Å²) in [6.07, 6.45) is -0.0304. The number of aliphatic carboxylic acids is 1. The fourth-order valence-corrected chi connectivity index (χ4v) is 2.99. The zero-order valence-electron chi connectivity index (χ0n) is 13.2. The van der Waals surface area contributed by atoms with Crippen LogP contribution in [0.2, 0.25) is 0 Å². The van der Waals surface area contributed by atoms with E-state index in [0.29, 0.717) is 13.0 Å². The predicted molar refractivity (Wildman–Crippen MR) is 88.4 cm³/mol. The topological polar surface area (TPSA) is 66.8 Å². The lowest BCUT2D eigenvalue weighted by Crippen LogP contribution is -2.45. The second kappa shape index (κ2) is 7.17.